The molecule has 1 heterocycles. The van der Waals surface area contributed by atoms with E-state index in [1.807, 2.05) is 6.07 Å². The van der Waals surface area contributed by atoms with Crippen LogP contribution >= 0.6 is 0 Å². The Bertz CT molecular complexity index is 493. The summed E-state index contributed by atoms with van der Waals surface area (Å²) in [7, 11) is 1.71. The predicted octanol–water partition coefficient (Wildman–Crippen LogP) is 2.33. The number of hydrogen-bond acceptors (Lipinski definition) is 5. The van der Waals surface area contributed by atoms with Crippen molar-refractivity contribution < 1.29 is 9.66 Å². The zero-order valence-corrected chi connectivity index (χ0v) is 12.6. The fourth-order valence-corrected chi connectivity index (χ4v) is 2.96. The van der Waals surface area contributed by atoms with E-state index in [0.29, 0.717) is 24.4 Å². The van der Waals surface area contributed by atoms with E-state index in [2.05, 4.69) is 10.6 Å². The van der Waals surface area contributed by atoms with E-state index in [1.54, 1.807) is 26.2 Å². The van der Waals surface area contributed by atoms with Crippen LogP contribution in [0.1, 0.15) is 18.4 Å². The highest BCUT2D eigenvalue weighted by molar-refractivity contribution is 5.65. The SMILES string of the molecule is COCC1(CNc2cccc(C)c2[N+](=O)[O-])CCNCC1. The maximum Gasteiger partial charge on any atom is 0.295 e. The molecule has 1 aliphatic rings. The van der Waals surface area contributed by atoms with Gasteiger partial charge >= 0.3 is 0 Å². The normalized spacial score (nSPS) is 17.4. The lowest BCUT2D eigenvalue weighted by atomic mass is 9.79. The van der Waals surface area contributed by atoms with Crippen LogP contribution in [0.4, 0.5) is 11.4 Å². The van der Waals surface area contributed by atoms with Crippen molar-refractivity contribution in [1.82, 2.24) is 5.32 Å². The van der Waals surface area contributed by atoms with Gasteiger partial charge in [-0.1, -0.05) is 12.1 Å². The number of methoxy groups -OCH3 is 1. The van der Waals surface area contributed by atoms with Gasteiger partial charge in [0.15, 0.2) is 0 Å². The van der Waals surface area contributed by atoms with Crippen LogP contribution in [-0.4, -0.2) is 38.3 Å². The number of para-hydroxylation sites is 1. The molecule has 21 heavy (non-hydrogen) atoms. The first kappa shape index (κ1) is 15.7. The molecule has 0 saturated carbocycles. The fourth-order valence-electron chi connectivity index (χ4n) is 2.96. The third-order valence-corrected chi connectivity index (χ3v) is 4.19. The number of piperidine rings is 1. The largest absolute Gasteiger partial charge is 0.384 e. The molecule has 0 unspecified atom stereocenters. The number of aryl methyl sites for hydroxylation is 1. The third kappa shape index (κ3) is 3.71. The van der Waals surface area contributed by atoms with E-state index in [1.165, 1.54) is 0 Å². The first-order valence-electron chi connectivity index (χ1n) is 7.25. The van der Waals surface area contributed by atoms with Crippen LogP contribution in [0, 0.1) is 22.5 Å². The molecule has 1 aromatic rings. The van der Waals surface area contributed by atoms with Crippen LogP contribution in [-0.2, 0) is 4.74 Å². The average molecular weight is 293 g/mol. The van der Waals surface area contributed by atoms with Crippen LogP contribution < -0.4 is 10.6 Å². The zero-order valence-electron chi connectivity index (χ0n) is 12.6. The quantitative estimate of drug-likeness (QED) is 0.622. The minimum absolute atomic E-state index is 0.0393. The van der Waals surface area contributed by atoms with Crippen LogP contribution in [0.3, 0.4) is 0 Å². The number of nitrogens with one attached hydrogen (secondary N) is 2. The lowest BCUT2D eigenvalue weighted by Crippen LogP contribution is -2.44. The van der Waals surface area contributed by atoms with Crippen molar-refractivity contribution in [1.29, 1.82) is 0 Å². The summed E-state index contributed by atoms with van der Waals surface area (Å²) < 4.78 is 5.37. The Kier molecular flexibility index (Phi) is 5.14. The first-order valence-corrected chi connectivity index (χ1v) is 7.25. The zero-order chi connectivity index (χ0) is 15.3. The number of nitro groups is 1. The van der Waals surface area contributed by atoms with Crippen LogP contribution in [0.5, 0.6) is 0 Å². The Hall–Kier alpha value is -1.66. The van der Waals surface area contributed by atoms with Gasteiger partial charge in [-0.3, -0.25) is 10.1 Å². The van der Waals surface area contributed by atoms with Gasteiger partial charge in [0.2, 0.25) is 0 Å². The molecule has 116 valence electrons. The summed E-state index contributed by atoms with van der Waals surface area (Å²) in [5.74, 6) is 0. The molecule has 1 fully saturated rings. The maximum atomic E-state index is 11.2. The maximum absolute atomic E-state index is 11.2. The van der Waals surface area contributed by atoms with Crippen LogP contribution in [0.25, 0.3) is 0 Å². The number of ether oxygens (including phenoxy) is 1. The monoisotopic (exact) mass is 293 g/mol. The molecule has 6 nitrogen and oxygen atoms in total. The van der Waals surface area contributed by atoms with Gasteiger partial charge in [0.05, 0.1) is 11.5 Å². The van der Waals surface area contributed by atoms with Crippen molar-refractivity contribution in [2.24, 2.45) is 5.41 Å². The van der Waals surface area contributed by atoms with Crippen molar-refractivity contribution in [2.45, 2.75) is 19.8 Å². The third-order valence-electron chi connectivity index (χ3n) is 4.19. The lowest BCUT2D eigenvalue weighted by Gasteiger charge is -2.37. The molecule has 1 aromatic carbocycles. The number of hydrogen-bond donors (Lipinski definition) is 2. The van der Waals surface area contributed by atoms with E-state index in [-0.39, 0.29) is 16.0 Å². The second-order valence-electron chi connectivity index (χ2n) is 5.76. The van der Waals surface area contributed by atoms with Crippen molar-refractivity contribution in [3.05, 3.63) is 33.9 Å². The smallest absolute Gasteiger partial charge is 0.295 e. The van der Waals surface area contributed by atoms with E-state index in [0.717, 1.165) is 25.9 Å². The van der Waals surface area contributed by atoms with Crippen molar-refractivity contribution in [3.8, 4) is 0 Å². The fraction of sp³-hybridized carbons (Fsp3) is 0.600. The van der Waals surface area contributed by atoms with Crippen molar-refractivity contribution >= 4 is 11.4 Å². The highest BCUT2D eigenvalue weighted by Gasteiger charge is 2.32. The van der Waals surface area contributed by atoms with Crippen LogP contribution in [0.15, 0.2) is 18.2 Å². The number of nitro benzene ring substituents is 1. The van der Waals surface area contributed by atoms with E-state index in [9.17, 15) is 10.1 Å². The number of benzene rings is 1. The number of rotatable bonds is 6. The Balaban J connectivity index is 2.14. The van der Waals surface area contributed by atoms with Gasteiger partial charge in [-0.05, 0) is 38.9 Å². The Morgan fingerprint density at radius 3 is 2.76 bits per heavy atom. The summed E-state index contributed by atoms with van der Waals surface area (Å²) in [4.78, 5) is 10.9. The molecule has 0 spiro atoms. The molecule has 1 saturated heterocycles. The summed E-state index contributed by atoms with van der Waals surface area (Å²) in [6.07, 6.45) is 2.01. The number of nitrogens with zero attached hydrogens (tertiary/aromatic N) is 1. The summed E-state index contributed by atoms with van der Waals surface area (Å²) in [6, 6.07) is 5.38. The van der Waals surface area contributed by atoms with E-state index in [4.69, 9.17) is 4.74 Å². The van der Waals surface area contributed by atoms with E-state index < -0.39 is 0 Å². The van der Waals surface area contributed by atoms with Gasteiger partial charge in [-0.25, -0.2) is 0 Å². The average Bonchev–Trinajstić information content (AvgIpc) is 2.46. The molecule has 0 bridgehead atoms. The van der Waals surface area contributed by atoms with Gasteiger partial charge in [0.1, 0.15) is 5.69 Å². The first-order chi connectivity index (χ1) is 10.1. The van der Waals surface area contributed by atoms with Gasteiger partial charge in [-0.2, -0.15) is 0 Å². The molecule has 0 atom stereocenters. The standard InChI is InChI=1S/C15H23N3O3/c1-12-4-3-5-13(14(12)18(19)20)17-10-15(11-21-2)6-8-16-9-7-15/h3-5,16-17H,6-11H2,1-2H3. The Labute approximate surface area is 125 Å². The molecule has 2 N–H and O–H groups in total. The molecule has 0 amide bonds. The van der Waals surface area contributed by atoms with Crippen molar-refractivity contribution in [2.75, 3.05) is 38.7 Å². The summed E-state index contributed by atoms with van der Waals surface area (Å²) in [6.45, 7) is 5.04. The van der Waals surface area contributed by atoms with Gasteiger partial charge in [-0.15, -0.1) is 0 Å². The second-order valence-corrected chi connectivity index (χ2v) is 5.76. The minimum atomic E-state index is -0.316. The summed E-state index contributed by atoms with van der Waals surface area (Å²) >= 11 is 0. The molecular weight excluding hydrogens is 270 g/mol. The van der Waals surface area contributed by atoms with Crippen LogP contribution in [0.2, 0.25) is 0 Å². The lowest BCUT2D eigenvalue weighted by molar-refractivity contribution is -0.384. The van der Waals surface area contributed by atoms with Crippen molar-refractivity contribution in [3.63, 3.8) is 0 Å². The Morgan fingerprint density at radius 2 is 2.14 bits per heavy atom. The van der Waals surface area contributed by atoms with E-state index >= 15 is 0 Å². The highest BCUT2D eigenvalue weighted by Crippen LogP contribution is 2.33. The molecule has 0 radical (unpaired) electrons. The molecule has 0 aliphatic carbocycles. The van der Waals surface area contributed by atoms with Gasteiger partial charge in [0, 0.05) is 24.6 Å². The molecule has 6 heteroatoms. The number of anilines is 1. The Morgan fingerprint density at radius 1 is 1.43 bits per heavy atom. The molecule has 0 aromatic heterocycles. The second kappa shape index (κ2) is 6.87. The summed E-state index contributed by atoms with van der Waals surface area (Å²) in [5.41, 5.74) is 1.47. The minimum Gasteiger partial charge on any atom is -0.384 e. The van der Waals surface area contributed by atoms with Gasteiger partial charge in [0.25, 0.3) is 5.69 Å². The topological polar surface area (TPSA) is 76.4 Å². The summed E-state index contributed by atoms with van der Waals surface area (Å²) in [5, 5.41) is 17.9. The molecule has 1 aliphatic heterocycles. The molecular formula is C15H23N3O3. The molecule has 2 rings (SSSR count). The highest BCUT2D eigenvalue weighted by atomic mass is 16.6. The predicted molar refractivity (Wildman–Crippen MR) is 82.7 cm³/mol. The van der Waals surface area contributed by atoms with Gasteiger partial charge < -0.3 is 15.4 Å².